The van der Waals surface area contributed by atoms with Gasteiger partial charge in [-0.05, 0) is 31.8 Å². The monoisotopic (exact) mass is 222 g/mol. The average molecular weight is 222 g/mol. The second kappa shape index (κ2) is 5.65. The van der Waals surface area contributed by atoms with E-state index < -0.39 is 0 Å². The van der Waals surface area contributed by atoms with Crippen LogP contribution in [0.4, 0.5) is 0 Å². The SMILES string of the molecule is O=C(CC1CCCNC1)NCc1cnc[nH]1. The molecule has 5 nitrogen and oxygen atoms in total. The fourth-order valence-corrected chi connectivity index (χ4v) is 2.01. The Balaban J connectivity index is 1.67. The van der Waals surface area contributed by atoms with Gasteiger partial charge in [-0.2, -0.15) is 0 Å². The number of carbonyl (C=O) groups is 1. The molecule has 0 bridgehead atoms. The van der Waals surface area contributed by atoms with E-state index in [1.807, 2.05) is 0 Å². The van der Waals surface area contributed by atoms with Crippen LogP contribution in [0.2, 0.25) is 0 Å². The van der Waals surface area contributed by atoms with Crippen LogP contribution >= 0.6 is 0 Å². The molecule has 1 aromatic heterocycles. The number of carbonyl (C=O) groups excluding carboxylic acids is 1. The maximum atomic E-state index is 11.6. The van der Waals surface area contributed by atoms with Crippen LogP contribution in [0.15, 0.2) is 12.5 Å². The van der Waals surface area contributed by atoms with E-state index in [-0.39, 0.29) is 5.91 Å². The molecule has 0 radical (unpaired) electrons. The lowest BCUT2D eigenvalue weighted by atomic mass is 9.96. The molecule has 5 heteroatoms. The molecule has 1 aromatic rings. The second-order valence-corrected chi connectivity index (χ2v) is 4.27. The maximum absolute atomic E-state index is 11.6. The van der Waals surface area contributed by atoms with Gasteiger partial charge in [0.2, 0.25) is 5.91 Å². The molecule has 1 amide bonds. The summed E-state index contributed by atoms with van der Waals surface area (Å²) >= 11 is 0. The molecule has 0 saturated carbocycles. The van der Waals surface area contributed by atoms with Gasteiger partial charge < -0.3 is 15.6 Å². The van der Waals surface area contributed by atoms with Gasteiger partial charge in [0.15, 0.2) is 0 Å². The topological polar surface area (TPSA) is 69.8 Å². The Morgan fingerprint density at radius 1 is 1.62 bits per heavy atom. The maximum Gasteiger partial charge on any atom is 0.220 e. The Labute approximate surface area is 95.0 Å². The molecule has 88 valence electrons. The van der Waals surface area contributed by atoms with E-state index in [2.05, 4.69) is 20.6 Å². The molecule has 3 N–H and O–H groups in total. The van der Waals surface area contributed by atoms with Gasteiger partial charge in [-0.1, -0.05) is 0 Å². The van der Waals surface area contributed by atoms with Crippen molar-refractivity contribution < 1.29 is 4.79 Å². The number of hydrogen-bond acceptors (Lipinski definition) is 3. The number of imidazole rings is 1. The van der Waals surface area contributed by atoms with Gasteiger partial charge in [0.25, 0.3) is 0 Å². The van der Waals surface area contributed by atoms with Crippen molar-refractivity contribution in [3.8, 4) is 0 Å². The first-order valence-corrected chi connectivity index (χ1v) is 5.79. The molecule has 1 atom stereocenters. The van der Waals surface area contributed by atoms with Crippen molar-refractivity contribution in [1.82, 2.24) is 20.6 Å². The van der Waals surface area contributed by atoms with E-state index >= 15 is 0 Å². The summed E-state index contributed by atoms with van der Waals surface area (Å²) in [5, 5.41) is 6.21. The standard InChI is InChI=1S/C11H18N4O/c16-11(4-9-2-1-3-12-5-9)14-7-10-6-13-8-15-10/h6,8-9,12H,1-5,7H2,(H,13,15)(H,14,16). The summed E-state index contributed by atoms with van der Waals surface area (Å²) in [6.45, 7) is 2.60. The smallest absolute Gasteiger partial charge is 0.220 e. The molecule has 1 aliphatic rings. The Hall–Kier alpha value is -1.36. The highest BCUT2D eigenvalue weighted by molar-refractivity contribution is 5.76. The Kier molecular flexibility index (Phi) is 3.93. The molecule has 1 aliphatic heterocycles. The first-order chi connectivity index (χ1) is 7.84. The molecule has 0 spiro atoms. The van der Waals surface area contributed by atoms with Gasteiger partial charge in [0.05, 0.1) is 18.6 Å². The third-order valence-electron chi connectivity index (χ3n) is 2.90. The number of aromatic nitrogens is 2. The predicted molar refractivity (Wildman–Crippen MR) is 60.6 cm³/mol. The first-order valence-electron chi connectivity index (χ1n) is 5.79. The molecule has 2 rings (SSSR count). The highest BCUT2D eigenvalue weighted by Gasteiger charge is 2.16. The molecular weight excluding hydrogens is 204 g/mol. The molecule has 0 aliphatic carbocycles. The number of H-pyrrole nitrogens is 1. The zero-order chi connectivity index (χ0) is 11.2. The zero-order valence-electron chi connectivity index (χ0n) is 9.33. The Morgan fingerprint density at radius 2 is 2.56 bits per heavy atom. The van der Waals surface area contributed by atoms with Crippen LogP contribution in [0.3, 0.4) is 0 Å². The summed E-state index contributed by atoms with van der Waals surface area (Å²) in [6, 6.07) is 0. The van der Waals surface area contributed by atoms with Crippen LogP contribution < -0.4 is 10.6 Å². The quantitative estimate of drug-likeness (QED) is 0.691. The minimum atomic E-state index is 0.128. The van der Waals surface area contributed by atoms with Crippen molar-refractivity contribution in [2.75, 3.05) is 13.1 Å². The number of hydrogen-bond donors (Lipinski definition) is 3. The molecule has 0 aromatic carbocycles. The largest absolute Gasteiger partial charge is 0.350 e. The van der Waals surface area contributed by atoms with Crippen LogP contribution in [0.5, 0.6) is 0 Å². The summed E-state index contributed by atoms with van der Waals surface area (Å²) < 4.78 is 0. The van der Waals surface area contributed by atoms with Gasteiger partial charge >= 0.3 is 0 Å². The zero-order valence-corrected chi connectivity index (χ0v) is 9.33. The van der Waals surface area contributed by atoms with Gasteiger partial charge in [0.1, 0.15) is 0 Å². The molecule has 1 fully saturated rings. The van der Waals surface area contributed by atoms with E-state index in [1.165, 1.54) is 6.42 Å². The molecule has 1 saturated heterocycles. The summed E-state index contributed by atoms with van der Waals surface area (Å²) in [4.78, 5) is 18.5. The number of nitrogens with zero attached hydrogens (tertiary/aromatic N) is 1. The van der Waals surface area contributed by atoms with Gasteiger partial charge in [-0.25, -0.2) is 4.98 Å². The normalized spacial score (nSPS) is 20.6. The number of nitrogens with one attached hydrogen (secondary N) is 3. The van der Waals surface area contributed by atoms with E-state index in [0.29, 0.717) is 18.9 Å². The van der Waals surface area contributed by atoms with Crippen molar-refractivity contribution in [2.24, 2.45) is 5.92 Å². The van der Waals surface area contributed by atoms with Crippen LogP contribution in [0.25, 0.3) is 0 Å². The van der Waals surface area contributed by atoms with Crippen molar-refractivity contribution >= 4 is 5.91 Å². The van der Waals surface area contributed by atoms with Crippen molar-refractivity contribution in [3.63, 3.8) is 0 Å². The van der Waals surface area contributed by atoms with E-state index in [9.17, 15) is 4.79 Å². The van der Waals surface area contributed by atoms with Crippen molar-refractivity contribution in [1.29, 1.82) is 0 Å². The van der Waals surface area contributed by atoms with Gasteiger partial charge in [-0.15, -0.1) is 0 Å². The predicted octanol–water partition coefficient (Wildman–Crippen LogP) is 0.416. The molecule has 1 unspecified atom stereocenters. The fraction of sp³-hybridized carbons (Fsp3) is 0.636. The van der Waals surface area contributed by atoms with Crippen LogP contribution in [0.1, 0.15) is 25.0 Å². The van der Waals surface area contributed by atoms with E-state index in [1.54, 1.807) is 12.5 Å². The Bertz CT molecular complexity index is 317. The third kappa shape index (κ3) is 3.34. The van der Waals surface area contributed by atoms with Crippen LogP contribution in [-0.4, -0.2) is 29.0 Å². The summed E-state index contributed by atoms with van der Waals surface area (Å²) in [5.41, 5.74) is 0.940. The Morgan fingerprint density at radius 3 is 3.25 bits per heavy atom. The highest BCUT2D eigenvalue weighted by Crippen LogP contribution is 2.13. The summed E-state index contributed by atoms with van der Waals surface area (Å²) in [5.74, 6) is 0.624. The fourth-order valence-electron chi connectivity index (χ4n) is 2.01. The van der Waals surface area contributed by atoms with Crippen molar-refractivity contribution in [3.05, 3.63) is 18.2 Å². The minimum absolute atomic E-state index is 0.128. The number of aromatic amines is 1. The third-order valence-corrected chi connectivity index (χ3v) is 2.90. The number of piperidine rings is 1. The minimum Gasteiger partial charge on any atom is -0.350 e. The first kappa shape index (κ1) is 11.1. The van der Waals surface area contributed by atoms with Crippen LogP contribution in [0, 0.1) is 5.92 Å². The lowest BCUT2D eigenvalue weighted by Crippen LogP contribution is -2.34. The summed E-state index contributed by atoms with van der Waals surface area (Å²) in [6.07, 6.45) is 6.30. The molecular formula is C11H18N4O. The van der Waals surface area contributed by atoms with Crippen LogP contribution in [-0.2, 0) is 11.3 Å². The number of amides is 1. The highest BCUT2D eigenvalue weighted by atomic mass is 16.1. The van der Waals surface area contributed by atoms with E-state index in [0.717, 1.165) is 25.2 Å². The number of rotatable bonds is 4. The van der Waals surface area contributed by atoms with E-state index in [4.69, 9.17) is 0 Å². The summed E-state index contributed by atoms with van der Waals surface area (Å²) in [7, 11) is 0. The van der Waals surface area contributed by atoms with Gasteiger partial charge in [0, 0.05) is 12.6 Å². The van der Waals surface area contributed by atoms with Gasteiger partial charge in [-0.3, -0.25) is 4.79 Å². The lowest BCUT2D eigenvalue weighted by molar-refractivity contribution is -0.122. The lowest BCUT2D eigenvalue weighted by Gasteiger charge is -2.21. The van der Waals surface area contributed by atoms with Crippen molar-refractivity contribution in [2.45, 2.75) is 25.8 Å². The second-order valence-electron chi connectivity index (χ2n) is 4.27. The molecule has 16 heavy (non-hydrogen) atoms. The average Bonchev–Trinajstić information content (AvgIpc) is 2.81. The molecule has 2 heterocycles.